The molecule has 0 radical (unpaired) electrons. The minimum Gasteiger partial charge on any atom is -0.395 e. The highest BCUT2D eigenvalue weighted by Crippen LogP contribution is 2.15. The van der Waals surface area contributed by atoms with E-state index in [0.29, 0.717) is 10.7 Å². The van der Waals surface area contributed by atoms with Gasteiger partial charge in [-0.1, -0.05) is 17.7 Å². The molecule has 0 aliphatic carbocycles. The molecule has 0 unspecified atom stereocenters. The largest absolute Gasteiger partial charge is 0.395 e. The molecule has 7 heteroatoms. The molecule has 0 fully saturated rings. The summed E-state index contributed by atoms with van der Waals surface area (Å²) >= 11 is 5.81. The third-order valence-electron chi connectivity index (χ3n) is 2.53. The number of amides is 1. The van der Waals surface area contributed by atoms with E-state index < -0.39 is 5.91 Å². The second-order valence-electron chi connectivity index (χ2n) is 4.10. The number of nitriles is 1. The van der Waals surface area contributed by atoms with Crippen LogP contribution in [0.2, 0.25) is 5.02 Å². The summed E-state index contributed by atoms with van der Waals surface area (Å²) in [6.07, 6.45) is 1.31. The van der Waals surface area contributed by atoms with Gasteiger partial charge in [-0.25, -0.2) is 0 Å². The molecule has 6 nitrogen and oxygen atoms in total. The van der Waals surface area contributed by atoms with E-state index in [2.05, 4.69) is 5.32 Å². The Morgan fingerprint density at radius 1 is 1.38 bits per heavy atom. The minimum atomic E-state index is -0.583. The summed E-state index contributed by atoms with van der Waals surface area (Å²) in [5.41, 5.74) is 0.349. The van der Waals surface area contributed by atoms with Crippen LogP contribution in [0.5, 0.6) is 0 Å². The molecule has 0 saturated carbocycles. The van der Waals surface area contributed by atoms with Crippen LogP contribution < -0.4 is 5.32 Å². The van der Waals surface area contributed by atoms with Gasteiger partial charge in [0.15, 0.2) is 0 Å². The second-order valence-corrected chi connectivity index (χ2v) is 4.54. The van der Waals surface area contributed by atoms with Crippen molar-refractivity contribution in [3.05, 3.63) is 41.1 Å². The van der Waals surface area contributed by atoms with Gasteiger partial charge in [0.2, 0.25) is 0 Å². The second kappa shape index (κ2) is 8.97. The van der Waals surface area contributed by atoms with Gasteiger partial charge in [-0.3, -0.25) is 4.79 Å². The molecule has 0 heterocycles. The van der Waals surface area contributed by atoms with Crippen LogP contribution in [0.25, 0.3) is 0 Å². The van der Waals surface area contributed by atoms with Crippen LogP contribution in [0.15, 0.2) is 36.0 Å². The topological polar surface area (TPSA) is 96.6 Å². The van der Waals surface area contributed by atoms with Gasteiger partial charge in [-0.2, -0.15) is 5.26 Å². The van der Waals surface area contributed by atoms with Crippen molar-refractivity contribution in [3.63, 3.8) is 0 Å². The fourth-order valence-electron chi connectivity index (χ4n) is 1.58. The van der Waals surface area contributed by atoms with E-state index in [1.807, 2.05) is 0 Å². The number of nitrogens with zero attached hydrogens (tertiary/aromatic N) is 2. The fourth-order valence-corrected chi connectivity index (χ4v) is 1.77. The number of carbonyl (C=O) groups excluding carboxylic acids is 1. The third-order valence-corrected chi connectivity index (χ3v) is 2.77. The van der Waals surface area contributed by atoms with Gasteiger partial charge in [0.25, 0.3) is 5.91 Å². The fraction of sp³-hybridized carbons (Fsp3) is 0.286. The summed E-state index contributed by atoms with van der Waals surface area (Å²) in [6.45, 7) is 0.141. The number of halogens is 1. The average molecular weight is 310 g/mol. The molecule has 0 spiro atoms. The lowest BCUT2D eigenvalue weighted by atomic mass is 10.2. The van der Waals surface area contributed by atoms with Crippen molar-refractivity contribution in [1.82, 2.24) is 4.90 Å². The van der Waals surface area contributed by atoms with Crippen molar-refractivity contribution in [1.29, 1.82) is 5.26 Å². The minimum absolute atomic E-state index is 0.128. The quantitative estimate of drug-likeness (QED) is 0.515. The smallest absolute Gasteiger partial charge is 0.267 e. The first-order valence-corrected chi connectivity index (χ1v) is 6.63. The maximum absolute atomic E-state index is 12.0. The molecule has 1 aromatic carbocycles. The molecule has 0 aliphatic rings. The van der Waals surface area contributed by atoms with Crippen molar-refractivity contribution in [2.45, 2.75) is 0 Å². The van der Waals surface area contributed by atoms with Gasteiger partial charge in [0, 0.05) is 30.0 Å². The predicted octanol–water partition coefficient (Wildman–Crippen LogP) is 0.973. The molecule has 0 bridgehead atoms. The van der Waals surface area contributed by atoms with E-state index in [-0.39, 0.29) is 31.9 Å². The monoisotopic (exact) mass is 309 g/mol. The summed E-state index contributed by atoms with van der Waals surface area (Å²) < 4.78 is 0. The first-order valence-electron chi connectivity index (χ1n) is 6.25. The number of benzene rings is 1. The third kappa shape index (κ3) is 5.83. The molecule has 0 aromatic heterocycles. The summed E-state index contributed by atoms with van der Waals surface area (Å²) in [5, 5.41) is 29.9. The van der Waals surface area contributed by atoms with Crippen molar-refractivity contribution >= 4 is 23.2 Å². The van der Waals surface area contributed by atoms with E-state index in [1.165, 1.54) is 11.1 Å². The molecule has 1 amide bonds. The van der Waals surface area contributed by atoms with Crippen molar-refractivity contribution in [3.8, 4) is 6.07 Å². The van der Waals surface area contributed by atoms with E-state index in [0.717, 1.165) is 0 Å². The van der Waals surface area contributed by atoms with Crippen LogP contribution in [0, 0.1) is 11.3 Å². The highest BCUT2D eigenvalue weighted by Gasteiger charge is 2.11. The summed E-state index contributed by atoms with van der Waals surface area (Å²) in [5.74, 6) is -0.583. The van der Waals surface area contributed by atoms with Crippen LogP contribution in [-0.2, 0) is 4.79 Å². The zero-order valence-electron chi connectivity index (χ0n) is 11.3. The maximum atomic E-state index is 12.0. The summed E-state index contributed by atoms with van der Waals surface area (Å²) in [4.78, 5) is 13.5. The summed E-state index contributed by atoms with van der Waals surface area (Å²) in [7, 11) is 0. The van der Waals surface area contributed by atoms with E-state index >= 15 is 0 Å². The average Bonchev–Trinajstić information content (AvgIpc) is 2.45. The zero-order chi connectivity index (χ0) is 15.7. The van der Waals surface area contributed by atoms with Crippen molar-refractivity contribution < 1.29 is 15.0 Å². The number of anilines is 1. The van der Waals surface area contributed by atoms with Gasteiger partial charge in [0.1, 0.15) is 11.6 Å². The Balaban J connectivity index is 2.83. The highest BCUT2D eigenvalue weighted by molar-refractivity contribution is 6.31. The number of nitrogens with one attached hydrogen (secondary N) is 1. The molecule has 0 atom stereocenters. The van der Waals surface area contributed by atoms with E-state index in [1.54, 1.807) is 30.3 Å². The predicted molar refractivity (Wildman–Crippen MR) is 79.5 cm³/mol. The van der Waals surface area contributed by atoms with Crippen LogP contribution in [0.3, 0.4) is 0 Å². The summed E-state index contributed by atoms with van der Waals surface area (Å²) in [6, 6.07) is 8.36. The number of aliphatic hydroxyl groups excluding tert-OH is 2. The Labute approximate surface area is 127 Å². The normalized spacial score (nSPS) is 10.9. The molecule has 3 N–H and O–H groups in total. The molecular weight excluding hydrogens is 294 g/mol. The van der Waals surface area contributed by atoms with Crippen molar-refractivity contribution in [2.24, 2.45) is 0 Å². The van der Waals surface area contributed by atoms with Gasteiger partial charge in [-0.15, -0.1) is 0 Å². The lowest BCUT2D eigenvalue weighted by molar-refractivity contribution is -0.112. The van der Waals surface area contributed by atoms with Crippen molar-refractivity contribution in [2.75, 3.05) is 31.6 Å². The molecule has 1 aromatic rings. The molecule has 21 heavy (non-hydrogen) atoms. The number of hydrogen-bond donors (Lipinski definition) is 3. The lowest BCUT2D eigenvalue weighted by Gasteiger charge is -2.18. The van der Waals surface area contributed by atoms with Crippen LogP contribution in [0.4, 0.5) is 5.69 Å². The van der Waals surface area contributed by atoms with Gasteiger partial charge in [0.05, 0.1) is 13.2 Å². The molecule has 0 aliphatic heterocycles. The molecule has 112 valence electrons. The Morgan fingerprint density at radius 3 is 2.57 bits per heavy atom. The maximum Gasteiger partial charge on any atom is 0.267 e. The van der Waals surface area contributed by atoms with Gasteiger partial charge < -0.3 is 20.4 Å². The molecule has 0 saturated heterocycles. The first kappa shape index (κ1) is 17.0. The number of hydrogen-bond acceptors (Lipinski definition) is 5. The van der Waals surface area contributed by atoms with Crippen LogP contribution in [-0.4, -0.2) is 47.3 Å². The Bertz CT molecular complexity index is 549. The highest BCUT2D eigenvalue weighted by atomic mass is 35.5. The standard InChI is InChI=1S/C14H16ClN3O3/c15-12-2-1-3-13(8-12)17-14(21)11(9-16)10-18(4-6-19)5-7-20/h1-3,8,10,19-20H,4-7H2,(H,17,21)/b11-10-. The van der Waals surface area contributed by atoms with Crippen LogP contribution >= 0.6 is 11.6 Å². The van der Waals surface area contributed by atoms with Gasteiger partial charge >= 0.3 is 0 Å². The van der Waals surface area contributed by atoms with E-state index in [4.69, 9.17) is 27.1 Å². The Hall–Kier alpha value is -2.07. The van der Waals surface area contributed by atoms with Gasteiger partial charge in [-0.05, 0) is 18.2 Å². The van der Waals surface area contributed by atoms with Crippen LogP contribution in [0.1, 0.15) is 0 Å². The lowest BCUT2D eigenvalue weighted by Crippen LogP contribution is -2.26. The Morgan fingerprint density at radius 2 is 2.05 bits per heavy atom. The SMILES string of the molecule is N#C/C(=C/N(CCO)CCO)C(=O)Nc1cccc(Cl)c1. The number of rotatable bonds is 7. The number of aliphatic hydroxyl groups is 2. The number of carbonyl (C=O) groups is 1. The molecular formula is C14H16ClN3O3. The Kier molecular flexibility index (Phi) is 7.26. The zero-order valence-corrected chi connectivity index (χ0v) is 12.0. The first-order chi connectivity index (χ1) is 10.1. The molecule has 1 rings (SSSR count). The van der Waals surface area contributed by atoms with E-state index in [9.17, 15) is 4.79 Å².